The highest BCUT2D eigenvalue weighted by atomic mass is 15.3. The molecule has 14 heavy (non-hydrogen) atoms. The average molecular weight is 194 g/mol. The van der Waals surface area contributed by atoms with Gasteiger partial charge < -0.3 is 20.4 Å². The van der Waals surface area contributed by atoms with E-state index >= 15 is 0 Å². The second kappa shape index (κ2) is 4.79. The van der Waals surface area contributed by atoms with Gasteiger partial charge in [0.1, 0.15) is 0 Å². The van der Waals surface area contributed by atoms with Crippen molar-refractivity contribution in [3.8, 4) is 0 Å². The molecule has 0 bridgehead atoms. The third-order valence-corrected chi connectivity index (χ3v) is 2.54. The Bertz CT molecular complexity index is 200. The molecule has 0 amide bonds. The summed E-state index contributed by atoms with van der Waals surface area (Å²) in [6.07, 6.45) is 10.8. The molecule has 2 rings (SSSR count). The summed E-state index contributed by atoms with van der Waals surface area (Å²) in [6.45, 7) is 4.28. The van der Waals surface area contributed by atoms with Crippen LogP contribution in [0.2, 0.25) is 0 Å². The molecule has 2 N–H and O–H groups in total. The van der Waals surface area contributed by atoms with Gasteiger partial charge in [-0.15, -0.1) is 0 Å². The van der Waals surface area contributed by atoms with Crippen LogP contribution in [-0.4, -0.2) is 36.2 Å². The lowest BCUT2D eigenvalue weighted by molar-refractivity contribution is 0.342. The lowest BCUT2D eigenvalue weighted by atomic mass is 10.3. The van der Waals surface area contributed by atoms with Crippen LogP contribution in [0.3, 0.4) is 0 Å². The Morgan fingerprint density at radius 1 is 0.857 bits per heavy atom. The Kier molecular flexibility index (Phi) is 3.16. The molecule has 0 spiro atoms. The average Bonchev–Trinajstić information content (AvgIpc) is 2.86. The molecule has 2 aliphatic rings. The van der Waals surface area contributed by atoms with Gasteiger partial charge in [0.15, 0.2) is 0 Å². The van der Waals surface area contributed by atoms with Gasteiger partial charge in [-0.2, -0.15) is 0 Å². The van der Waals surface area contributed by atoms with E-state index in [2.05, 4.69) is 32.8 Å². The Labute approximate surface area is 85.3 Å². The molecule has 0 aromatic carbocycles. The fourth-order valence-corrected chi connectivity index (χ4v) is 1.70. The molecule has 78 valence electrons. The number of nitrogens with one attached hydrogen (secondary N) is 2. The van der Waals surface area contributed by atoms with Crippen molar-refractivity contribution in [3.63, 3.8) is 0 Å². The van der Waals surface area contributed by atoms with Gasteiger partial charge in [0.25, 0.3) is 0 Å². The maximum atomic E-state index is 3.17. The van der Waals surface area contributed by atoms with Gasteiger partial charge in [-0.1, -0.05) is 0 Å². The Morgan fingerprint density at radius 3 is 1.71 bits per heavy atom. The van der Waals surface area contributed by atoms with Crippen molar-refractivity contribution in [2.45, 2.75) is 12.8 Å². The fraction of sp³-hybridized carbons (Fsp3) is 0.600. The topological polar surface area (TPSA) is 30.5 Å². The van der Waals surface area contributed by atoms with Crippen LogP contribution in [0.25, 0.3) is 0 Å². The van der Waals surface area contributed by atoms with Gasteiger partial charge in [-0.3, -0.25) is 0 Å². The van der Waals surface area contributed by atoms with Crippen molar-refractivity contribution in [1.82, 2.24) is 20.4 Å². The first-order valence-electron chi connectivity index (χ1n) is 5.23. The molecule has 0 aromatic rings. The minimum Gasteiger partial charge on any atom is -0.373 e. The molecule has 4 nitrogen and oxygen atoms in total. The predicted octanol–water partition coefficient (Wildman–Crippen LogP) is 0.434. The molecule has 0 radical (unpaired) electrons. The maximum absolute atomic E-state index is 3.17. The zero-order chi connectivity index (χ0) is 9.64. The number of nitrogens with zero attached hydrogens (tertiary/aromatic N) is 2. The largest absolute Gasteiger partial charge is 0.373 e. The van der Waals surface area contributed by atoms with Crippen LogP contribution >= 0.6 is 0 Å². The predicted molar refractivity (Wildman–Crippen MR) is 56.9 cm³/mol. The van der Waals surface area contributed by atoms with E-state index in [1.54, 1.807) is 0 Å². The quantitative estimate of drug-likeness (QED) is 0.622. The summed E-state index contributed by atoms with van der Waals surface area (Å²) >= 11 is 0. The van der Waals surface area contributed by atoms with E-state index in [1.165, 1.54) is 12.8 Å². The molecule has 0 unspecified atom stereocenters. The highest BCUT2D eigenvalue weighted by Crippen LogP contribution is 2.02. The van der Waals surface area contributed by atoms with Crippen molar-refractivity contribution in [3.05, 3.63) is 24.8 Å². The monoisotopic (exact) mass is 194 g/mol. The van der Waals surface area contributed by atoms with E-state index in [9.17, 15) is 0 Å². The van der Waals surface area contributed by atoms with Gasteiger partial charge in [0.2, 0.25) is 0 Å². The van der Waals surface area contributed by atoms with E-state index in [0.29, 0.717) is 0 Å². The minimum absolute atomic E-state index is 0.977. The zero-order valence-electron chi connectivity index (χ0n) is 8.45. The smallest absolute Gasteiger partial charge is 0.0867 e. The first-order valence-corrected chi connectivity index (χ1v) is 5.23. The summed E-state index contributed by atoms with van der Waals surface area (Å²) in [5, 5.41) is 6.34. The van der Waals surface area contributed by atoms with Crippen LogP contribution in [0.1, 0.15) is 12.8 Å². The highest BCUT2D eigenvalue weighted by Gasteiger charge is 2.04. The number of hydrogen-bond donors (Lipinski definition) is 2. The molecular weight excluding hydrogens is 176 g/mol. The van der Waals surface area contributed by atoms with Crippen LogP contribution in [0.15, 0.2) is 24.8 Å². The van der Waals surface area contributed by atoms with Gasteiger partial charge in [0.05, 0.1) is 13.3 Å². The van der Waals surface area contributed by atoms with Crippen LogP contribution in [0, 0.1) is 0 Å². The fourth-order valence-electron chi connectivity index (χ4n) is 1.70. The standard InChI is InChI=1S/C10H18N4/c1(5-13-7-3-11-9-13)2-6-14-8-4-12-10-14/h3-4,7-8,11-12H,1-2,5-6,9-10H2. The van der Waals surface area contributed by atoms with Crippen molar-refractivity contribution in [2.75, 3.05) is 26.4 Å². The third-order valence-electron chi connectivity index (χ3n) is 2.54. The number of rotatable bonds is 5. The van der Waals surface area contributed by atoms with Gasteiger partial charge in [-0.25, -0.2) is 0 Å². The number of unbranched alkanes of at least 4 members (excludes halogenated alkanes) is 1. The Morgan fingerprint density at radius 2 is 1.36 bits per heavy atom. The molecule has 0 saturated carbocycles. The first-order chi connectivity index (χ1) is 6.95. The summed E-state index contributed by atoms with van der Waals surface area (Å²) in [5.74, 6) is 0. The molecule has 2 aliphatic heterocycles. The molecule has 0 fully saturated rings. The highest BCUT2D eigenvalue weighted by molar-refractivity contribution is 4.88. The third kappa shape index (κ3) is 2.58. The Hall–Kier alpha value is -1.32. The zero-order valence-corrected chi connectivity index (χ0v) is 8.45. The first kappa shape index (κ1) is 9.24. The van der Waals surface area contributed by atoms with E-state index in [-0.39, 0.29) is 0 Å². The van der Waals surface area contributed by atoms with Crippen LogP contribution < -0.4 is 10.6 Å². The van der Waals surface area contributed by atoms with Crippen LogP contribution in [-0.2, 0) is 0 Å². The summed E-state index contributed by atoms with van der Waals surface area (Å²) in [4.78, 5) is 4.61. The van der Waals surface area contributed by atoms with Gasteiger partial charge >= 0.3 is 0 Å². The molecule has 0 saturated heterocycles. The van der Waals surface area contributed by atoms with Crippen LogP contribution in [0.4, 0.5) is 0 Å². The van der Waals surface area contributed by atoms with Crippen LogP contribution in [0.5, 0.6) is 0 Å². The summed E-state index contributed by atoms with van der Waals surface area (Å²) in [5.41, 5.74) is 0. The maximum Gasteiger partial charge on any atom is 0.0867 e. The molecule has 0 aromatic heterocycles. The normalized spacial score (nSPS) is 18.9. The van der Waals surface area contributed by atoms with Crippen molar-refractivity contribution >= 4 is 0 Å². The van der Waals surface area contributed by atoms with E-state index in [1.807, 2.05) is 12.4 Å². The molecule has 2 heterocycles. The lowest BCUT2D eigenvalue weighted by Crippen LogP contribution is -2.24. The van der Waals surface area contributed by atoms with E-state index in [4.69, 9.17) is 0 Å². The lowest BCUT2D eigenvalue weighted by Gasteiger charge is -2.17. The van der Waals surface area contributed by atoms with Gasteiger partial charge in [0, 0.05) is 37.9 Å². The van der Waals surface area contributed by atoms with Crippen molar-refractivity contribution in [1.29, 1.82) is 0 Å². The second-order valence-corrected chi connectivity index (χ2v) is 3.69. The molecule has 0 atom stereocenters. The second-order valence-electron chi connectivity index (χ2n) is 3.69. The summed E-state index contributed by atoms with van der Waals surface area (Å²) < 4.78 is 0. The van der Waals surface area contributed by atoms with E-state index in [0.717, 1.165) is 26.4 Å². The summed E-state index contributed by atoms with van der Waals surface area (Å²) in [7, 11) is 0. The summed E-state index contributed by atoms with van der Waals surface area (Å²) in [6, 6.07) is 0. The minimum atomic E-state index is 0.977. The van der Waals surface area contributed by atoms with Crippen molar-refractivity contribution < 1.29 is 0 Å². The molecule has 4 heteroatoms. The SMILES string of the molecule is C1=CN(CCCCN2C=CNC2)CN1. The Balaban J connectivity index is 1.50. The molecular formula is C10H18N4. The van der Waals surface area contributed by atoms with E-state index < -0.39 is 0 Å². The van der Waals surface area contributed by atoms with Crippen molar-refractivity contribution in [2.24, 2.45) is 0 Å². The van der Waals surface area contributed by atoms with Gasteiger partial charge in [-0.05, 0) is 12.8 Å². The molecule has 0 aliphatic carbocycles. The number of hydrogen-bond acceptors (Lipinski definition) is 4.